The molecule has 0 radical (unpaired) electrons. The molecule has 6 nitrogen and oxygen atoms in total. The molecule has 0 aromatic carbocycles. The SMILES string of the molecule is Cc1cc(C(=O)N2CCO[C@@]3(CCC[C@@H]3COC(C)C)C2)no1. The van der Waals surface area contributed by atoms with Crippen molar-refractivity contribution in [2.24, 2.45) is 5.92 Å². The highest BCUT2D eigenvalue weighted by molar-refractivity contribution is 5.92. The fourth-order valence-electron chi connectivity index (χ4n) is 3.67. The van der Waals surface area contributed by atoms with Crippen LogP contribution in [0.4, 0.5) is 0 Å². The van der Waals surface area contributed by atoms with Crippen molar-refractivity contribution in [1.82, 2.24) is 10.1 Å². The Morgan fingerprint density at radius 1 is 1.57 bits per heavy atom. The third-order valence-electron chi connectivity index (χ3n) is 4.87. The van der Waals surface area contributed by atoms with Crippen molar-refractivity contribution in [3.63, 3.8) is 0 Å². The van der Waals surface area contributed by atoms with Gasteiger partial charge in [-0.15, -0.1) is 0 Å². The summed E-state index contributed by atoms with van der Waals surface area (Å²) in [6.45, 7) is 8.37. The first-order chi connectivity index (χ1) is 11.0. The van der Waals surface area contributed by atoms with Crippen molar-refractivity contribution >= 4 is 5.91 Å². The fraction of sp³-hybridized carbons (Fsp3) is 0.765. The molecule has 1 aromatic rings. The molecule has 1 saturated carbocycles. The molecule has 6 heteroatoms. The van der Waals surface area contributed by atoms with Crippen molar-refractivity contribution < 1.29 is 18.8 Å². The summed E-state index contributed by atoms with van der Waals surface area (Å²) in [5.74, 6) is 0.930. The molecule has 2 fully saturated rings. The van der Waals surface area contributed by atoms with Gasteiger partial charge in [0.2, 0.25) is 0 Å². The summed E-state index contributed by atoms with van der Waals surface area (Å²) in [4.78, 5) is 14.5. The van der Waals surface area contributed by atoms with E-state index < -0.39 is 0 Å². The molecule has 1 aliphatic heterocycles. The van der Waals surface area contributed by atoms with Crippen molar-refractivity contribution in [3.8, 4) is 0 Å². The van der Waals surface area contributed by atoms with Gasteiger partial charge in [0.15, 0.2) is 5.69 Å². The predicted molar refractivity (Wildman–Crippen MR) is 84.3 cm³/mol. The van der Waals surface area contributed by atoms with Crippen LogP contribution >= 0.6 is 0 Å². The van der Waals surface area contributed by atoms with Gasteiger partial charge in [-0.25, -0.2) is 0 Å². The van der Waals surface area contributed by atoms with Crippen LogP contribution in [0, 0.1) is 12.8 Å². The number of carbonyl (C=O) groups excluding carboxylic acids is 1. The Morgan fingerprint density at radius 3 is 3.09 bits per heavy atom. The minimum Gasteiger partial charge on any atom is -0.378 e. The first-order valence-electron chi connectivity index (χ1n) is 8.48. The summed E-state index contributed by atoms with van der Waals surface area (Å²) in [6, 6.07) is 1.69. The lowest BCUT2D eigenvalue weighted by Crippen LogP contribution is -2.56. The van der Waals surface area contributed by atoms with Crippen molar-refractivity contribution in [2.45, 2.75) is 51.7 Å². The number of amides is 1. The van der Waals surface area contributed by atoms with Crippen LogP contribution in [-0.4, -0.2) is 54.0 Å². The van der Waals surface area contributed by atoms with E-state index in [1.807, 2.05) is 18.7 Å². The molecular formula is C17H26N2O4. The van der Waals surface area contributed by atoms with Gasteiger partial charge in [0, 0.05) is 18.5 Å². The molecule has 1 amide bonds. The molecule has 0 N–H and O–H groups in total. The van der Waals surface area contributed by atoms with E-state index >= 15 is 0 Å². The molecule has 1 aliphatic carbocycles. The molecule has 1 saturated heterocycles. The quantitative estimate of drug-likeness (QED) is 0.852. The Bertz CT molecular complexity index is 557. The van der Waals surface area contributed by atoms with Gasteiger partial charge in [0.25, 0.3) is 5.91 Å². The lowest BCUT2D eigenvalue weighted by Gasteiger charge is -2.44. The van der Waals surface area contributed by atoms with Gasteiger partial charge in [0.05, 0.1) is 31.5 Å². The van der Waals surface area contributed by atoms with E-state index in [9.17, 15) is 4.79 Å². The number of aryl methyl sites for hydroxylation is 1. The first kappa shape index (κ1) is 16.5. The van der Waals surface area contributed by atoms with Crippen molar-refractivity contribution in [2.75, 3.05) is 26.3 Å². The molecule has 0 bridgehead atoms. The zero-order valence-corrected chi connectivity index (χ0v) is 14.2. The van der Waals surface area contributed by atoms with Crippen LogP contribution in [0.5, 0.6) is 0 Å². The van der Waals surface area contributed by atoms with Gasteiger partial charge in [-0.05, 0) is 33.6 Å². The maximum Gasteiger partial charge on any atom is 0.276 e. The van der Waals surface area contributed by atoms with E-state index in [0.717, 1.165) is 19.3 Å². The molecule has 2 atom stereocenters. The van der Waals surface area contributed by atoms with Gasteiger partial charge in [-0.3, -0.25) is 4.79 Å². The number of hydrogen-bond acceptors (Lipinski definition) is 5. The van der Waals surface area contributed by atoms with Gasteiger partial charge >= 0.3 is 0 Å². The van der Waals surface area contributed by atoms with Crippen molar-refractivity contribution in [3.05, 3.63) is 17.5 Å². The number of aromatic nitrogens is 1. The van der Waals surface area contributed by atoms with Crippen LogP contribution in [-0.2, 0) is 9.47 Å². The number of nitrogens with zero attached hydrogens (tertiary/aromatic N) is 2. The summed E-state index contributed by atoms with van der Waals surface area (Å²) in [6.07, 6.45) is 3.42. The summed E-state index contributed by atoms with van der Waals surface area (Å²) in [5.41, 5.74) is 0.120. The van der Waals surface area contributed by atoms with Crippen LogP contribution in [0.1, 0.15) is 49.4 Å². The summed E-state index contributed by atoms with van der Waals surface area (Å²) in [7, 11) is 0. The molecular weight excluding hydrogens is 296 g/mol. The van der Waals surface area contributed by atoms with E-state index in [1.165, 1.54) is 0 Å². The molecule has 1 aromatic heterocycles. The Kier molecular flexibility index (Phi) is 4.73. The number of rotatable bonds is 4. The molecule has 0 unspecified atom stereocenters. The highest BCUT2D eigenvalue weighted by atomic mass is 16.5. The summed E-state index contributed by atoms with van der Waals surface area (Å²) < 4.78 is 17.0. The lowest BCUT2D eigenvalue weighted by atomic mass is 9.89. The van der Waals surface area contributed by atoms with Crippen LogP contribution in [0.25, 0.3) is 0 Å². The van der Waals surface area contributed by atoms with Gasteiger partial charge in [-0.1, -0.05) is 11.6 Å². The Labute approximate surface area is 137 Å². The van der Waals surface area contributed by atoms with Gasteiger partial charge in [-0.2, -0.15) is 0 Å². The second-order valence-corrected chi connectivity index (χ2v) is 6.93. The first-order valence-corrected chi connectivity index (χ1v) is 8.48. The van der Waals surface area contributed by atoms with E-state index in [4.69, 9.17) is 14.0 Å². The van der Waals surface area contributed by atoms with Crippen molar-refractivity contribution in [1.29, 1.82) is 0 Å². The summed E-state index contributed by atoms with van der Waals surface area (Å²) in [5, 5.41) is 3.85. The average molecular weight is 322 g/mol. The topological polar surface area (TPSA) is 64.8 Å². The number of morpholine rings is 1. The minimum atomic E-state index is -0.262. The number of ether oxygens (including phenoxy) is 2. The molecule has 2 aliphatic rings. The van der Waals surface area contributed by atoms with Gasteiger partial charge < -0.3 is 18.9 Å². The molecule has 23 heavy (non-hydrogen) atoms. The molecule has 2 heterocycles. The van der Waals surface area contributed by atoms with Crippen LogP contribution in [0.15, 0.2) is 10.6 Å². The standard InChI is InChI=1S/C17H26N2O4/c1-12(2)21-10-14-5-4-6-17(14)11-19(7-8-22-17)16(20)15-9-13(3)23-18-15/h9,12,14H,4-8,10-11H2,1-3H3/t14-,17+/m1/s1. The second-order valence-electron chi connectivity index (χ2n) is 6.93. The monoisotopic (exact) mass is 322 g/mol. The zero-order valence-electron chi connectivity index (χ0n) is 14.2. The molecule has 128 valence electrons. The normalized spacial score (nSPS) is 28.0. The van der Waals surface area contributed by atoms with Gasteiger partial charge in [0.1, 0.15) is 5.76 Å². The van der Waals surface area contributed by atoms with Crippen LogP contribution < -0.4 is 0 Å². The largest absolute Gasteiger partial charge is 0.378 e. The molecule has 3 rings (SSSR count). The summed E-state index contributed by atoms with van der Waals surface area (Å²) >= 11 is 0. The second kappa shape index (κ2) is 6.61. The fourth-order valence-corrected chi connectivity index (χ4v) is 3.67. The Morgan fingerprint density at radius 2 is 2.39 bits per heavy atom. The lowest BCUT2D eigenvalue weighted by molar-refractivity contribution is -0.136. The van der Waals surface area contributed by atoms with E-state index in [-0.39, 0.29) is 17.6 Å². The number of carbonyl (C=O) groups is 1. The highest BCUT2D eigenvalue weighted by Crippen LogP contribution is 2.41. The number of hydrogen-bond donors (Lipinski definition) is 0. The maximum absolute atomic E-state index is 12.6. The average Bonchev–Trinajstić information content (AvgIpc) is 3.11. The van der Waals surface area contributed by atoms with E-state index in [2.05, 4.69) is 5.16 Å². The Hall–Kier alpha value is -1.40. The molecule has 1 spiro atoms. The van der Waals surface area contributed by atoms with Crippen LogP contribution in [0.2, 0.25) is 0 Å². The third kappa shape index (κ3) is 3.43. The third-order valence-corrected chi connectivity index (χ3v) is 4.87. The van der Waals surface area contributed by atoms with Crippen LogP contribution in [0.3, 0.4) is 0 Å². The highest BCUT2D eigenvalue weighted by Gasteiger charge is 2.48. The zero-order chi connectivity index (χ0) is 16.4. The van der Waals surface area contributed by atoms with E-state index in [1.54, 1.807) is 13.0 Å². The minimum absolute atomic E-state index is 0.0695. The predicted octanol–water partition coefficient (Wildman–Crippen LogP) is 2.42. The Balaban J connectivity index is 1.70. The maximum atomic E-state index is 12.6. The van der Waals surface area contributed by atoms with E-state index in [0.29, 0.717) is 43.7 Å². The smallest absolute Gasteiger partial charge is 0.276 e.